The van der Waals surface area contributed by atoms with E-state index in [1.807, 2.05) is 13.8 Å². The molecule has 3 N–H and O–H groups in total. The van der Waals surface area contributed by atoms with Gasteiger partial charge in [0.25, 0.3) is 0 Å². The number of nitrogens with zero attached hydrogens (tertiary/aromatic N) is 2. The number of pyridine rings is 1. The lowest BCUT2D eigenvalue weighted by molar-refractivity contribution is 0.175. The number of nitrogen functional groups attached to an aromatic ring is 1. The van der Waals surface area contributed by atoms with E-state index in [1.165, 1.54) is 23.7 Å². The number of sulfonamides is 1. The maximum absolute atomic E-state index is 12.6. The average molecular weight is 337 g/mol. The summed E-state index contributed by atoms with van der Waals surface area (Å²) in [5, 5.41) is 0.148. The molecule has 0 saturated carbocycles. The van der Waals surface area contributed by atoms with Crippen LogP contribution in [0, 0.1) is 5.92 Å². The van der Waals surface area contributed by atoms with E-state index in [4.69, 9.17) is 22.2 Å². The van der Waals surface area contributed by atoms with Crippen molar-refractivity contribution in [3.63, 3.8) is 0 Å². The van der Waals surface area contributed by atoms with Gasteiger partial charge in [-0.05, 0) is 12.0 Å². The highest BCUT2D eigenvalue weighted by Crippen LogP contribution is 2.24. The van der Waals surface area contributed by atoms with Crippen molar-refractivity contribution in [3.8, 4) is 0 Å². The second-order valence-corrected chi connectivity index (χ2v) is 7.24. The predicted octanol–water partition coefficient (Wildman–Crippen LogP) is 1.31. The van der Waals surface area contributed by atoms with Crippen LogP contribution in [0.1, 0.15) is 13.8 Å². The van der Waals surface area contributed by atoms with Crippen LogP contribution in [-0.4, -0.2) is 44.5 Å². The molecule has 0 atom stereocenters. The fourth-order valence-electron chi connectivity index (χ4n) is 1.73. The molecule has 0 aliphatic carbocycles. The third-order valence-electron chi connectivity index (χ3n) is 2.70. The molecular weight excluding hydrogens is 316 g/mol. The number of aromatic nitrogens is 1. The topological polar surface area (TPSA) is 97.5 Å². The van der Waals surface area contributed by atoms with Gasteiger partial charge in [-0.2, -0.15) is 4.31 Å². The molecule has 120 valence electrons. The number of rotatable bonds is 8. The molecule has 0 amide bonds. The minimum absolute atomic E-state index is 0.0308. The zero-order chi connectivity index (χ0) is 16.0. The monoisotopic (exact) mass is 336 g/mol. The Hall–Kier alpha value is -0.930. The van der Waals surface area contributed by atoms with Crippen molar-refractivity contribution in [3.05, 3.63) is 17.3 Å². The normalized spacial score (nSPS) is 12.1. The van der Waals surface area contributed by atoms with E-state index < -0.39 is 10.0 Å². The molecule has 0 fully saturated rings. The van der Waals surface area contributed by atoms with Crippen LogP contribution in [0.2, 0.25) is 5.02 Å². The molecule has 0 aliphatic heterocycles. The van der Waals surface area contributed by atoms with Crippen LogP contribution in [0.5, 0.6) is 0 Å². The number of hydrogen-bond acceptors (Lipinski definition) is 6. The lowest BCUT2D eigenvalue weighted by atomic mass is 10.2. The quantitative estimate of drug-likeness (QED) is 0.549. The van der Waals surface area contributed by atoms with Crippen LogP contribution < -0.4 is 11.3 Å². The third kappa shape index (κ3) is 4.79. The van der Waals surface area contributed by atoms with Gasteiger partial charge >= 0.3 is 0 Å². The molecule has 1 aromatic heterocycles. The molecule has 1 rings (SSSR count). The summed E-state index contributed by atoms with van der Waals surface area (Å²) in [5.74, 6) is 5.64. The predicted molar refractivity (Wildman–Crippen MR) is 82.5 cm³/mol. The summed E-state index contributed by atoms with van der Waals surface area (Å²) in [5.41, 5.74) is 2.30. The number of anilines is 1. The fraction of sp³-hybridized carbons (Fsp3) is 0.583. The van der Waals surface area contributed by atoms with Crippen LogP contribution in [0.4, 0.5) is 5.82 Å². The van der Waals surface area contributed by atoms with Gasteiger partial charge < -0.3 is 10.2 Å². The van der Waals surface area contributed by atoms with Crippen LogP contribution in [-0.2, 0) is 14.8 Å². The first-order chi connectivity index (χ1) is 9.82. The van der Waals surface area contributed by atoms with Crippen molar-refractivity contribution >= 4 is 27.4 Å². The summed E-state index contributed by atoms with van der Waals surface area (Å²) in [6.45, 7) is 4.87. The van der Waals surface area contributed by atoms with Crippen molar-refractivity contribution in [1.82, 2.24) is 9.29 Å². The van der Waals surface area contributed by atoms with Crippen molar-refractivity contribution in [2.75, 3.05) is 32.2 Å². The highest BCUT2D eigenvalue weighted by Gasteiger charge is 2.26. The number of halogens is 1. The van der Waals surface area contributed by atoms with Gasteiger partial charge in [-0.25, -0.2) is 19.2 Å². The molecule has 0 saturated heterocycles. The Labute approximate surface area is 130 Å². The van der Waals surface area contributed by atoms with Crippen molar-refractivity contribution in [2.45, 2.75) is 18.7 Å². The van der Waals surface area contributed by atoms with E-state index in [0.29, 0.717) is 13.2 Å². The lowest BCUT2D eigenvalue weighted by Crippen LogP contribution is -2.36. The van der Waals surface area contributed by atoms with Crippen LogP contribution in [0.3, 0.4) is 0 Å². The van der Waals surface area contributed by atoms with Crippen molar-refractivity contribution < 1.29 is 13.2 Å². The number of hydrazine groups is 1. The molecule has 0 spiro atoms. The standard InChI is InChI=1S/C12H21ClN4O3S/c1-9(2)8-17(4-5-20-3)21(18,19)10-6-11(13)12(16-14)15-7-10/h6-7,9H,4-5,8,14H2,1-3H3,(H,15,16). The zero-order valence-electron chi connectivity index (χ0n) is 12.3. The Morgan fingerprint density at radius 3 is 2.67 bits per heavy atom. The van der Waals surface area contributed by atoms with Gasteiger partial charge in [-0.3, -0.25) is 0 Å². The van der Waals surface area contributed by atoms with Gasteiger partial charge in [0.2, 0.25) is 10.0 Å². The number of nitrogens with one attached hydrogen (secondary N) is 1. The Balaban J connectivity index is 3.12. The first kappa shape index (κ1) is 18.1. The first-order valence-corrected chi connectivity index (χ1v) is 8.26. The molecule has 21 heavy (non-hydrogen) atoms. The van der Waals surface area contributed by atoms with Gasteiger partial charge in [0, 0.05) is 26.4 Å². The Kier molecular flexibility index (Phi) is 6.82. The summed E-state index contributed by atoms with van der Waals surface area (Å²) in [6, 6.07) is 1.33. The van der Waals surface area contributed by atoms with Crippen molar-refractivity contribution in [2.24, 2.45) is 11.8 Å². The zero-order valence-corrected chi connectivity index (χ0v) is 13.9. The fourth-order valence-corrected chi connectivity index (χ4v) is 3.57. The summed E-state index contributed by atoms with van der Waals surface area (Å²) in [6.07, 6.45) is 1.23. The third-order valence-corrected chi connectivity index (χ3v) is 4.82. The van der Waals surface area contributed by atoms with E-state index in [0.717, 1.165) is 0 Å². The molecule has 0 unspecified atom stereocenters. The Morgan fingerprint density at radius 1 is 1.52 bits per heavy atom. The van der Waals surface area contributed by atoms with Gasteiger partial charge in [-0.15, -0.1) is 0 Å². The highest BCUT2D eigenvalue weighted by molar-refractivity contribution is 7.89. The smallest absolute Gasteiger partial charge is 0.244 e. The molecule has 0 radical (unpaired) electrons. The highest BCUT2D eigenvalue weighted by atomic mass is 35.5. The minimum Gasteiger partial charge on any atom is -0.383 e. The van der Waals surface area contributed by atoms with Gasteiger partial charge in [0.1, 0.15) is 4.90 Å². The molecule has 0 aliphatic rings. The van der Waals surface area contributed by atoms with E-state index in [9.17, 15) is 8.42 Å². The largest absolute Gasteiger partial charge is 0.383 e. The maximum Gasteiger partial charge on any atom is 0.244 e. The first-order valence-electron chi connectivity index (χ1n) is 6.44. The molecule has 7 nitrogen and oxygen atoms in total. The van der Waals surface area contributed by atoms with E-state index in [-0.39, 0.29) is 28.2 Å². The summed E-state index contributed by atoms with van der Waals surface area (Å²) < 4.78 is 31.6. The van der Waals surface area contributed by atoms with E-state index in [1.54, 1.807) is 0 Å². The number of ether oxygens (including phenoxy) is 1. The number of methoxy groups -OCH3 is 1. The lowest BCUT2D eigenvalue weighted by Gasteiger charge is -2.23. The maximum atomic E-state index is 12.6. The number of hydrogen-bond donors (Lipinski definition) is 2. The molecule has 1 heterocycles. The second-order valence-electron chi connectivity index (χ2n) is 4.90. The summed E-state index contributed by atoms with van der Waals surface area (Å²) in [4.78, 5) is 3.93. The molecule has 9 heteroatoms. The minimum atomic E-state index is -3.68. The molecule has 1 aromatic rings. The van der Waals surface area contributed by atoms with E-state index in [2.05, 4.69) is 10.4 Å². The Bertz CT molecular complexity index is 566. The van der Waals surface area contributed by atoms with E-state index >= 15 is 0 Å². The van der Waals surface area contributed by atoms with Crippen LogP contribution >= 0.6 is 11.6 Å². The molecular formula is C12H21ClN4O3S. The van der Waals surface area contributed by atoms with Crippen LogP contribution in [0.15, 0.2) is 17.2 Å². The van der Waals surface area contributed by atoms with Crippen LogP contribution in [0.25, 0.3) is 0 Å². The Morgan fingerprint density at radius 2 is 2.19 bits per heavy atom. The van der Waals surface area contributed by atoms with Gasteiger partial charge in [-0.1, -0.05) is 25.4 Å². The number of nitrogens with two attached hydrogens (primary N) is 1. The molecule has 0 bridgehead atoms. The average Bonchev–Trinajstić information content (AvgIpc) is 2.42. The SMILES string of the molecule is COCCN(CC(C)C)S(=O)(=O)c1cnc(NN)c(Cl)c1. The second kappa shape index (κ2) is 7.90. The molecule has 0 aromatic carbocycles. The van der Waals surface area contributed by atoms with Gasteiger partial charge in [0.15, 0.2) is 5.82 Å². The summed E-state index contributed by atoms with van der Waals surface area (Å²) >= 11 is 5.94. The van der Waals surface area contributed by atoms with Gasteiger partial charge in [0.05, 0.1) is 11.6 Å². The summed E-state index contributed by atoms with van der Waals surface area (Å²) in [7, 11) is -2.15. The van der Waals surface area contributed by atoms with Crippen molar-refractivity contribution in [1.29, 1.82) is 0 Å².